The van der Waals surface area contributed by atoms with Gasteiger partial charge in [0.15, 0.2) is 11.6 Å². The van der Waals surface area contributed by atoms with Crippen LogP contribution in [0.4, 0.5) is 17.3 Å². The van der Waals surface area contributed by atoms with E-state index in [-0.39, 0.29) is 0 Å². The number of nitrogens with one attached hydrogen (secondary N) is 1. The van der Waals surface area contributed by atoms with Gasteiger partial charge in [-0.05, 0) is 45.3 Å². The minimum Gasteiger partial charge on any atom is -0.463 e. The molecule has 0 radical (unpaired) electrons. The van der Waals surface area contributed by atoms with Crippen molar-refractivity contribution < 1.29 is 4.74 Å². The maximum atomic E-state index is 6.06. The zero-order valence-corrected chi connectivity index (χ0v) is 14.8. The van der Waals surface area contributed by atoms with Gasteiger partial charge in [-0.1, -0.05) is 19.8 Å². The molecule has 0 spiro atoms. The van der Waals surface area contributed by atoms with E-state index in [1.165, 1.54) is 32.4 Å². The largest absolute Gasteiger partial charge is 0.463 e. The second-order valence-electron chi connectivity index (χ2n) is 6.65. The number of aromatic nitrogens is 2. The van der Waals surface area contributed by atoms with Gasteiger partial charge in [-0.2, -0.15) is 9.97 Å². The Morgan fingerprint density at radius 2 is 1.96 bits per heavy atom. The Morgan fingerprint density at radius 1 is 1.12 bits per heavy atom. The molecule has 1 aromatic rings. The van der Waals surface area contributed by atoms with Crippen molar-refractivity contribution in [3.8, 4) is 6.01 Å². The van der Waals surface area contributed by atoms with Gasteiger partial charge >= 0.3 is 6.01 Å². The average molecular weight is 334 g/mol. The smallest absolute Gasteiger partial charge is 0.320 e. The van der Waals surface area contributed by atoms with Crippen LogP contribution < -0.4 is 20.7 Å². The summed E-state index contributed by atoms with van der Waals surface area (Å²) in [5.41, 5.74) is 6.90. The topological polar surface area (TPSA) is 79.5 Å². The van der Waals surface area contributed by atoms with E-state index in [9.17, 15) is 0 Å². The third-order valence-corrected chi connectivity index (χ3v) is 4.72. The number of nitrogens with two attached hydrogens (primary N) is 1. The van der Waals surface area contributed by atoms with E-state index >= 15 is 0 Å². The van der Waals surface area contributed by atoms with Crippen molar-refractivity contribution in [2.45, 2.75) is 45.4 Å². The Morgan fingerprint density at radius 3 is 2.75 bits per heavy atom. The second kappa shape index (κ2) is 8.37. The summed E-state index contributed by atoms with van der Waals surface area (Å²) >= 11 is 0. The fourth-order valence-electron chi connectivity index (χ4n) is 3.32. The van der Waals surface area contributed by atoms with E-state index < -0.39 is 0 Å². The normalized spacial score (nSPS) is 17.6. The van der Waals surface area contributed by atoms with Crippen molar-refractivity contribution in [1.29, 1.82) is 0 Å². The lowest BCUT2D eigenvalue weighted by Crippen LogP contribution is -2.33. The first kappa shape index (κ1) is 17.1. The number of anilines is 3. The molecule has 0 saturated carbocycles. The number of piperidine rings is 1. The number of nitrogens with zero attached hydrogens (tertiary/aromatic N) is 4. The predicted molar refractivity (Wildman–Crippen MR) is 97.6 cm³/mol. The molecule has 2 aliphatic heterocycles. The number of likely N-dealkylation sites (tertiary alicyclic amines) is 1. The molecule has 0 unspecified atom stereocenters. The molecule has 2 aliphatic rings. The minimum atomic E-state index is 0.393. The van der Waals surface area contributed by atoms with Crippen molar-refractivity contribution in [2.75, 3.05) is 55.4 Å². The highest BCUT2D eigenvalue weighted by atomic mass is 16.5. The molecule has 134 valence electrons. The molecular weight excluding hydrogens is 304 g/mol. The van der Waals surface area contributed by atoms with Gasteiger partial charge in [0.05, 0.1) is 13.3 Å². The van der Waals surface area contributed by atoms with Gasteiger partial charge in [-0.15, -0.1) is 0 Å². The molecule has 7 nitrogen and oxygen atoms in total. The molecule has 7 heteroatoms. The zero-order valence-electron chi connectivity index (χ0n) is 14.8. The van der Waals surface area contributed by atoms with E-state index in [2.05, 4.69) is 32.0 Å². The van der Waals surface area contributed by atoms with Gasteiger partial charge < -0.3 is 25.6 Å². The van der Waals surface area contributed by atoms with Crippen LogP contribution in [0.1, 0.15) is 45.4 Å². The molecule has 3 heterocycles. The van der Waals surface area contributed by atoms with Crippen LogP contribution in [0.5, 0.6) is 6.01 Å². The first-order chi connectivity index (χ1) is 11.8. The predicted octanol–water partition coefficient (Wildman–Crippen LogP) is 2.30. The van der Waals surface area contributed by atoms with Crippen LogP contribution in [0, 0.1) is 0 Å². The number of hydrogen-bond acceptors (Lipinski definition) is 7. The standard InChI is InChI=1S/C17H30N6O/c1-2-3-12-24-17-20-15(18)14-16(21-17)23(13-19-14)11-7-10-22-8-5-4-6-9-22/h19H,2-13H2,1H3,(H2,18,20,21). The second-order valence-corrected chi connectivity index (χ2v) is 6.65. The number of fused-ring (bicyclic) bond motifs is 1. The number of unbranched alkanes of at least 4 members (excludes halogenated alkanes) is 1. The highest BCUT2D eigenvalue weighted by molar-refractivity contribution is 5.80. The first-order valence-electron chi connectivity index (χ1n) is 9.29. The van der Waals surface area contributed by atoms with Gasteiger partial charge in [0.1, 0.15) is 5.69 Å². The van der Waals surface area contributed by atoms with Gasteiger partial charge in [0.25, 0.3) is 0 Å². The molecular formula is C17H30N6O. The third-order valence-electron chi connectivity index (χ3n) is 4.72. The summed E-state index contributed by atoms with van der Waals surface area (Å²) in [7, 11) is 0. The van der Waals surface area contributed by atoms with Gasteiger partial charge in [-0.3, -0.25) is 0 Å². The monoisotopic (exact) mass is 334 g/mol. The number of nitrogen functional groups attached to an aromatic ring is 1. The van der Waals surface area contributed by atoms with Gasteiger partial charge in [0.2, 0.25) is 0 Å². The van der Waals surface area contributed by atoms with Crippen LogP contribution in [0.25, 0.3) is 0 Å². The Balaban J connectivity index is 1.55. The molecule has 0 bridgehead atoms. The van der Waals surface area contributed by atoms with Crippen molar-refractivity contribution in [2.24, 2.45) is 0 Å². The van der Waals surface area contributed by atoms with Crippen LogP contribution in [0.15, 0.2) is 0 Å². The number of hydrogen-bond donors (Lipinski definition) is 2. The van der Waals surface area contributed by atoms with Crippen molar-refractivity contribution in [3.05, 3.63) is 0 Å². The van der Waals surface area contributed by atoms with E-state index in [1.807, 2.05) is 0 Å². The summed E-state index contributed by atoms with van der Waals surface area (Å²) in [5, 5.41) is 3.31. The lowest BCUT2D eigenvalue weighted by atomic mass is 10.1. The maximum absolute atomic E-state index is 6.06. The molecule has 0 atom stereocenters. The molecule has 3 rings (SSSR count). The Kier molecular flexibility index (Phi) is 5.96. The van der Waals surface area contributed by atoms with Crippen molar-refractivity contribution in [3.63, 3.8) is 0 Å². The van der Waals surface area contributed by atoms with Crippen LogP contribution in [0.2, 0.25) is 0 Å². The summed E-state index contributed by atoms with van der Waals surface area (Å²) in [6, 6.07) is 0.393. The van der Waals surface area contributed by atoms with E-state index in [0.29, 0.717) is 18.4 Å². The lowest BCUT2D eigenvalue weighted by molar-refractivity contribution is 0.227. The summed E-state index contributed by atoms with van der Waals surface area (Å²) in [4.78, 5) is 13.6. The van der Waals surface area contributed by atoms with Gasteiger partial charge in [-0.25, -0.2) is 0 Å². The molecule has 0 aliphatic carbocycles. The molecule has 3 N–H and O–H groups in total. The summed E-state index contributed by atoms with van der Waals surface area (Å²) in [6.45, 7) is 8.14. The molecule has 0 aromatic carbocycles. The summed E-state index contributed by atoms with van der Waals surface area (Å²) < 4.78 is 5.64. The molecule has 0 amide bonds. The lowest BCUT2D eigenvalue weighted by Gasteiger charge is -2.27. The summed E-state index contributed by atoms with van der Waals surface area (Å²) in [6.07, 6.45) is 7.30. The average Bonchev–Trinajstić information content (AvgIpc) is 3.00. The van der Waals surface area contributed by atoms with Crippen LogP contribution in [-0.2, 0) is 0 Å². The highest BCUT2D eigenvalue weighted by Crippen LogP contribution is 2.34. The molecule has 1 saturated heterocycles. The van der Waals surface area contributed by atoms with Crippen LogP contribution in [0.3, 0.4) is 0 Å². The van der Waals surface area contributed by atoms with Crippen molar-refractivity contribution in [1.82, 2.24) is 14.9 Å². The maximum Gasteiger partial charge on any atom is 0.320 e. The Bertz CT molecular complexity index is 532. The zero-order chi connectivity index (χ0) is 16.8. The van der Waals surface area contributed by atoms with Crippen LogP contribution in [-0.4, -0.2) is 54.3 Å². The quantitative estimate of drug-likeness (QED) is 0.706. The third kappa shape index (κ3) is 4.20. The molecule has 24 heavy (non-hydrogen) atoms. The first-order valence-corrected chi connectivity index (χ1v) is 9.29. The van der Waals surface area contributed by atoms with E-state index in [1.54, 1.807) is 0 Å². The van der Waals surface area contributed by atoms with Gasteiger partial charge in [0, 0.05) is 6.54 Å². The molecule has 1 aromatic heterocycles. The SMILES string of the molecule is CCCCOc1nc(N)c2c(n1)N(CCCN1CCCCC1)CN2. The van der Waals surface area contributed by atoms with E-state index in [0.717, 1.165) is 50.5 Å². The fourth-order valence-corrected chi connectivity index (χ4v) is 3.32. The highest BCUT2D eigenvalue weighted by Gasteiger charge is 2.24. The Hall–Kier alpha value is -1.76. The number of ether oxygens (including phenoxy) is 1. The number of rotatable bonds is 8. The van der Waals surface area contributed by atoms with Crippen LogP contribution >= 0.6 is 0 Å². The fraction of sp³-hybridized carbons (Fsp3) is 0.765. The van der Waals surface area contributed by atoms with Crippen molar-refractivity contribution >= 4 is 17.3 Å². The molecule has 1 fully saturated rings. The summed E-state index contributed by atoms with van der Waals surface area (Å²) in [5.74, 6) is 1.36. The Labute approximate surface area is 144 Å². The van der Waals surface area contributed by atoms with E-state index in [4.69, 9.17) is 10.5 Å². The minimum absolute atomic E-state index is 0.393.